The van der Waals surface area contributed by atoms with Crippen LogP contribution < -0.4 is 15.8 Å². The van der Waals surface area contributed by atoms with Crippen molar-refractivity contribution in [2.45, 2.75) is 76.6 Å². The Morgan fingerprint density at radius 2 is 2.12 bits per heavy atom. The van der Waals surface area contributed by atoms with Crippen LogP contribution in [0, 0.1) is 17.7 Å². The Morgan fingerprint density at radius 1 is 1.38 bits per heavy atom. The van der Waals surface area contributed by atoms with E-state index in [2.05, 4.69) is 10.3 Å². The van der Waals surface area contributed by atoms with Crippen molar-refractivity contribution in [3.63, 3.8) is 0 Å². The van der Waals surface area contributed by atoms with Crippen LogP contribution in [0.5, 0.6) is 5.75 Å². The third-order valence-electron chi connectivity index (χ3n) is 6.90. The van der Waals surface area contributed by atoms with Gasteiger partial charge in [0, 0.05) is 37.7 Å². The van der Waals surface area contributed by atoms with Gasteiger partial charge in [-0.2, -0.15) is 0 Å². The number of rotatable bonds is 7. The van der Waals surface area contributed by atoms with E-state index in [-0.39, 0.29) is 53.9 Å². The number of ether oxygens (including phenoxy) is 2. The van der Waals surface area contributed by atoms with Gasteiger partial charge >= 0.3 is 0 Å². The summed E-state index contributed by atoms with van der Waals surface area (Å²) in [6.45, 7) is 7.96. The number of halogens is 1. The molecule has 1 saturated carbocycles. The highest BCUT2D eigenvalue weighted by Gasteiger charge is 2.52. The molecule has 1 aromatic rings. The summed E-state index contributed by atoms with van der Waals surface area (Å²) in [5.74, 6) is -0.543. The third kappa shape index (κ3) is 4.89. The molecule has 8 nitrogen and oxygen atoms in total. The molecule has 34 heavy (non-hydrogen) atoms. The van der Waals surface area contributed by atoms with Gasteiger partial charge in [0.2, 0.25) is 11.8 Å². The molecule has 1 fully saturated rings. The molecule has 3 aliphatic rings. The molecular formula is C25H35FN4O4. The van der Waals surface area contributed by atoms with Gasteiger partial charge in [-0.3, -0.25) is 14.5 Å². The number of amides is 2. The lowest BCUT2D eigenvalue weighted by Crippen LogP contribution is -2.55. The maximum atomic E-state index is 14.4. The molecule has 1 aromatic carbocycles. The first-order valence-electron chi connectivity index (χ1n) is 11.9. The summed E-state index contributed by atoms with van der Waals surface area (Å²) in [6.07, 6.45) is 1.99. The molecule has 4 rings (SSSR count). The molecule has 3 N–H and O–H groups in total. The van der Waals surface area contributed by atoms with Crippen molar-refractivity contribution in [1.29, 1.82) is 0 Å². The van der Waals surface area contributed by atoms with Gasteiger partial charge in [0.15, 0.2) is 17.5 Å². The maximum absolute atomic E-state index is 14.4. The van der Waals surface area contributed by atoms with Gasteiger partial charge in [0.05, 0.1) is 18.0 Å². The van der Waals surface area contributed by atoms with E-state index in [9.17, 15) is 14.0 Å². The van der Waals surface area contributed by atoms with Crippen LogP contribution in [0.1, 0.15) is 65.0 Å². The fraction of sp³-hybridized carbons (Fsp3) is 0.640. The van der Waals surface area contributed by atoms with E-state index in [0.29, 0.717) is 31.4 Å². The minimum Gasteiger partial charge on any atom is -0.484 e. The second-order valence-electron chi connectivity index (χ2n) is 10.9. The highest BCUT2D eigenvalue weighted by atomic mass is 19.1. The van der Waals surface area contributed by atoms with Crippen molar-refractivity contribution in [2.75, 3.05) is 13.7 Å². The number of methoxy groups -OCH3 is 1. The molecule has 9 heteroatoms. The van der Waals surface area contributed by atoms with E-state index in [4.69, 9.17) is 15.2 Å². The quantitative estimate of drug-likeness (QED) is 0.632. The summed E-state index contributed by atoms with van der Waals surface area (Å²) in [5.41, 5.74) is 5.70. The highest BCUT2D eigenvalue weighted by Crippen LogP contribution is 2.47. The number of para-hydroxylation sites is 1. The summed E-state index contributed by atoms with van der Waals surface area (Å²) < 4.78 is 25.5. The minimum atomic E-state index is -0.616. The minimum absolute atomic E-state index is 0.0473. The van der Waals surface area contributed by atoms with Gasteiger partial charge in [-0.05, 0) is 52.5 Å². The molecule has 0 saturated heterocycles. The fourth-order valence-electron chi connectivity index (χ4n) is 5.29. The Hall–Kier alpha value is -2.68. The third-order valence-corrected chi connectivity index (χ3v) is 6.90. The van der Waals surface area contributed by atoms with Gasteiger partial charge in [-0.15, -0.1) is 0 Å². The molecule has 186 valence electrons. The molecule has 0 bridgehead atoms. The zero-order valence-electron chi connectivity index (χ0n) is 20.6. The first kappa shape index (κ1) is 24.4. The zero-order valence-corrected chi connectivity index (χ0v) is 20.6. The Balaban J connectivity index is 1.51. The van der Waals surface area contributed by atoms with E-state index in [1.807, 2.05) is 27.7 Å². The standard InChI is InChI=1S/C25H35FN4O4/c1-24(2)13-20(31)30(23(27)29-24)19(9-10-33-5)15-11-16(15)22(32)28-18-12-25(3,4)34-21-14(18)7-6-8-17(21)26/h6-8,15-16,18-19H,9-13H2,1-5H3,(H2,27,29)(H,28,32)/t15-,16?,18-,19+/m0/s1. The number of hydrogen-bond donors (Lipinski definition) is 2. The number of aliphatic imine (C=N–C) groups is 1. The Bertz CT molecular complexity index is 1010. The second kappa shape index (κ2) is 8.83. The van der Waals surface area contributed by atoms with Crippen LogP contribution in [0.2, 0.25) is 0 Å². The molecule has 2 aliphatic heterocycles. The molecule has 1 unspecified atom stereocenters. The Morgan fingerprint density at radius 3 is 2.79 bits per heavy atom. The first-order chi connectivity index (χ1) is 15.9. The molecule has 4 atom stereocenters. The lowest BCUT2D eigenvalue weighted by molar-refractivity contribution is -0.132. The topological polar surface area (TPSA) is 106 Å². The number of nitrogens with one attached hydrogen (secondary N) is 1. The zero-order chi connectivity index (χ0) is 24.8. The van der Waals surface area contributed by atoms with Gasteiger partial charge in [0.25, 0.3) is 0 Å². The molecule has 1 aliphatic carbocycles. The average Bonchev–Trinajstić information content (AvgIpc) is 3.50. The lowest BCUT2D eigenvalue weighted by Gasteiger charge is -2.38. The molecular weight excluding hydrogens is 439 g/mol. The normalized spacial score (nSPS) is 27.8. The summed E-state index contributed by atoms with van der Waals surface area (Å²) in [5, 5.41) is 3.12. The van der Waals surface area contributed by atoms with Gasteiger partial charge < -0.3 is 20.5 Å². The number of nitrogens with two attached hydrogens (primary N) is 1. The highest BCUT2D eigenvalue weighted by molar-refractivity contribution is 5.99. The molecule has 0 spiro atoms. The number of fused-ring (bicyclic) bond motifs is 1. The number of hydrogen-bond acceptors (Lipinski definition) is 6. The number of benzene rings is 1. The van der Waals surface area contributed by atoms with Crippen molar-refractivity contribution in [3.8, 4) is 5.75 Å². The van der Waals surface area contributed by atoms with E-state index >= 15 is 0 Å². The van der Waals surface area contributed by atoms with Crippen molar-refractivity contribution in [2.24, 2.45) is 22.6 Å². The predicted molar refractivity (Wildman–Crippen MR) is 126 cm³/mol. The largest absolute Gasteiger partial charge is 0.484 e. The van der Waals surface area contributed by atoms with Gasteiger partial charge in [0.1, 0.15) is 5.60 Å². The van der Waals surface area contributed by atoms with Crippen LogP contribution in [0.4, 0.5) is 4.39 Å². The van der Waals surface area contributed by atoms with E-state index < -0.39 is 17.0 Å². The van der Waals surface area contributed by atoms with E-state index in [1.54, 1.807) is 24.1 Å². The van der Waals surface area contributed by atoms with E-state index in [1.165, 1.54) is 6.07 Å². The van der Waals surface area contributed by atoms with Crippen LogP contribution >= 0.6 is 0 Å². The predicted octanol–water partition coefficient (Wildman–Crippen LogP) is 2.91. The summed E-state index contributed by atoms with van der Waals surface area (Å²) in [6, 6.07) is 4.15. The van der Waals surface area contributed by atoms with Crippen molar-refractivity contribution >= 4 is 17.8 Å². The number of carbonyl (C=O) groups excluding carboxylic acids is 2. The van der Waals surface area contributed by atoms with Crippen LogP contribution in [0.15, 0.2) is 23.2 Å². The smallest absolute Gasteiger partial charge is 0.231 e. The summed E-state index contributed by atoms with van der Waals surface area (Å²) in [7, 11) is 1.61. The van der Waals surface area contributed by atoms with Crippen molar-refractivity contribution < 1.29 is 23.5 Å². The molecule has 2 heterocycles. The van der Waals surface area contributed by atoms with Crippen molar-refractivity contribution in [1.82, 2.24) is 10.2 Å². The number of carbonyl (C=O) groups is 2. The van der Waals surface area contributed by atoms with Crippen LogP contribution in [-0.2, 0) is 14.3 Å². The first-order valence-corrected chi connectivity index (χ1v) is 11.9. The van der Waals surface area contributed by atoms with E-state index in [0.717, 1.165) is 0 Å². The van der Waals surface area contributed by atoms with Crippen molar-refractivity contribution in [3.05, 3.63) is 29.6 Å². The second-order valence-corrected chi connectivity index (χ2v) is 10.9. The number of guanidine groups is 1. The summed E-state index contributed by atoms with van der Waals surface area (Å²) >= 11 is 0. The fourth-order valence-corrected chi connectivity index (χ4v) is 5.29. The molecule has 2 amide bonds. The van der Waals surface area contributed by atoms with Crippen LogP contribution in [0.25, 0.3) is 0 Å². The lowest BCUT2D eigenvalue weighted by atomic mass is 9.89. The Kier molecular flexibility index (Phi) is 6.35. The van der Waals surface area contributed by atoms with Crippen LogP contribution in [0.3, 0.4) is 0 Å². The van der Waals surface area contributed by atoms with Gasteiger partial charge in [-0.1, -0.05) is 12.1 Å². The maximum Gasteiger partial charge on any atom is 0.231 e. The number of nitrogens with zero attached hydrogens (tertiary/aromatic N) is 2. The average molecular weight is 475 g/mol. The molecule has 0 radical (unpaired) electrons. The van der Waals surface area contributed by atoms with Crippen LogP contribution in [-0.4, -0.2) is 53.6 Å². The monoisotopic (exact) mass is 474 g/mol. The molecule has 0 aromatic heterocycles. The Labute approximate surface area is 200 Å². The van der Waals surface area contributed by atoms with Gasteiger partial charge in [-0.25, -0.2) is 9.38 Å². The SMILES string of the molecule is COCC[C@H]([C@H]1CC1C(=O)N[C@H]1CC(C)(C)Oc2c(F)cccc21)N1C(=O)CC(C)(C)N=C1N. The summed E-state index contributed by atoms with van der Waals surface area (Å²) in [4.78, 5) is 32.3.